The predicted molar refractivity (Wildman–Crippen MR) is 73.1 cm³/mol. The molecule has 1 saturated carbocycles. The Morgan fingerprint density at radius 1 is 1.39 bits per heavy atom. The van der Waals surface area contributed by atoms with Crippen LogP contribution in [0.5, 0.6) is 0 Å². The van der Waals surface area contributed by atoms with Crippen LogP contribution in [0.15, 0.2) is 0 Å². The fourth-order valence-electron chi connectivity index (χ4n) is 2.05. The fourth-order valence-corrected chi connectivity index (χ4v) is 2.24. The first-order chi connectivity index (χ1) is 8.54. The average molecular weight is 270 g/mol. The lowest BCUT2D eigenvalue weighted by Crippen LogP contribution is -2.43. The minimum Gasteiger partial charge on any atom is -0.388 e. The van der Waals surface area contributed by atoms with Gasteiger partial charge in [0.25, 0.3) is 0 Å². The first-order valence-corrected chi connectivity index (χ1v) is 6.91. The Balaban J connectivity index is 2.10. The van der Waals surface area contributed by atoms with Crippen molar-refractivity contribution in [1.82, 2.24) is 9.97 Å². The molecule has 0 saturated heterocycles. The number of aryl methyl sites for hydroxylation is 1. The number of rotatable bonds is 5. The molecule has 0 unspecified atom stereocenters. The molecule has 1 heterocycles. The number of anilines is 1. The molecule has 1 aromatic heterocycles. The molecule has 18 heavy (non-hydrogen) atoms. The Morgan fingerprint density at radius 2 is 2.11 bits per heavy atom. The first kappa shape index (κ1) is 13.6. The minimum absolute atomic E-state index is 0.497. The number of halogens is 1. The van der Waals surface area contributed by atoms with Gasteiger partial charge in [0.1, 0.15) is 16.8 Å². The Kier molecular flexibility index (Phi) is 4.07. The number of aliphatic hydroxyl groups is 1. The topological polar surface area (TPSA) is 58.0 Å². The van der Waals surface area contributed by atoms with E-state index in [0.717, 1.165) is 49.3 Å². The summed E-state index contributed by atoms with van der Waals surface area (Å²) in [5.74, 6) is 1.51. The number of hydrogen-bond donors (Lipinski definition) is 2. The molecule has 0 aliphatic heterocycles. The Morgan fingerprint density at radius 3 is 2.67 bits per heavy atom. The predicted octanol–water partition coefficient (Wildman–Crippen LogP) is 2.72. The van der Waals surface area contributed by atoms with Crippen molar-refractivity contribution in [3.05, 3.63) is 16.5 Å². The molecule has 0 radical (unpaired) electrons. The summed E-state index contributed by atoms with van der Waals surface area (Å²) in [6, 6.07) is 0. The van der Waals surface area contributed by atoms with Gasteiger partial charge in [0.05, 0.1) is 5.60 Å². The number of aromatic nitrogens is 2. The molecule has 0 aromatic carbocycles. The number of nitrogens with zero attached hydrogens (tertiary/aromatic N) is 2. The van der Waals surface area contributed by atoms with Crippen LogP contribution in [-0.4, -0.2) is 27.2 Å². The van der Waals surface area contributed by atoms with Gasteiger partial charge in [-0.2, -0.15) is 0 Å². The number of nitrogens with one attached hydrogen (secondary N) is 1. The summed E-state index contributed by atoms with van der Waals surface area (Å²) in [7, 11) is 0. The van der Waals surface area contributed by atoms with Crippen LogP contribution in [0.25, 0.3) is 0 Å². The summed E-state index contributed by atoms with van der Waals surface area (Å²) in [5, 5.41) is 13.8. The summed E-state index contributed by atoms with van der Waals surface area (Å²) in [4.78, 5) is 8.72. The van der Waals surface area contributed by atoms with Crippen LogP contribution in [0.2, 0.25) is 5.15 Å². The van der Waals surface area contributed by atoms with Crippen LogP contribution in [0.1, 0.15) is 44.0 Å². The largest absolute Gasteiger partial charge is 0.388 e. The van der Waals surface area contributed by atoms with Crippen molar-refractivity contribution >= 4 is 17.4 Å². The van der Waals surface area contributed by atoms with Gasteiger partial charge in [-0.3, -0.25) is 0 Å². The molecule has 100 valence electrons. The highest BCUT2D eigenvalue weighted by Crippen LogP contribution is 2.32. The summed E-state index contributed by atoms with van der Waals surface area (Å²) in [6.07, 6.45) is 4.63. The van der Waals surface area contributed by atoms with Gasteiger partial charge >= 0.3 is 0 Å². The van der Waals surface area contributed by atoms with Crippen molar-refractivity contribution in [2.75, 3.05) is 11.9 Å². The van der Waals surface area contributed by atoms with Crippen LogP contribution in [-0.2, 0) is 6.42 Å². The normalized spacial score (nSPS) is 17.3. The van der Waals surface area contributed by atoms with Crippen molar-refractivity contribution in [1.29, 1.82) is 0 Å². The quantitative estimate of drug-likeness (QED) is 0.807. The summed E-state index contributed by atoms with van der Waals surface area (Å²) in [5.41, 5.74) is 0.286. The van der Waals surface area contributed by atoms with Crippen molar-refractivity contribution < 1.29 is 5.11 Å². The van der Waals surface area contributed by atoms with E-state index in [1.54, 1.807) is 0 Å². The van der Waals surface area contributed by atoms with Crippen molar-refractivity contribution in [3.8, 4) is 0 Å². The summed E-state index contributed by atoms with van der Waals surface area (Å²) < 4.78 is 0. The third kappa shape index (κ3) is 2.93. The van der Waals surface area contributed by atoms with Crippen LogP contribution in [0, 0.1) is 6.92 Å². The van der Waals surface area contributed by atoms with Gasteiger partial charge in [-0.25, -0.2) is 9.97 Å². The zero-order valence-electron chi connectivity index (χ0n) is 11.0. The number of hydrogen-bond acceptors (Lipinski definition) is 4. The maximum absolute atomic E-state index is 10.1. The standard InChI is InChI=1S/C13H20ClN3O/c1-3-5-10-16-11(14)9(2)12(17-10)15-8-13(18)6-4-7-13/h18H,3-8H2,1-2H3,(H,15,16,17). The molecule has 0 bridgehead atoms. The third-order valence-corrected chi connectivity index (χ3v) is 3.84. The highest BCUT2D eigenvalue weighted by molar-refractivity contribution is 6.30. The maximum atomic E-state index is 10.1. The lowest BCUT2D eigenvalue weighted by atomic mass is 9.80. The van der Waals surface area contributed by atoms with Crippen molar-refractivity contribution in [2.24, 2.45) is 0 Å². The summed E-state index contributed by atoms with van der Waals surface area (Å²) >= 11 is 6.10. The minimum atomic E-state index is -0.561. The second kappa shape index (κ2) is 5.41. The van der Waals surface area contributed by atoms with Crippen molar-refractivity contribution in [3.63, 3.8) is 0 Å². The van der Waals surface area contributed by atoms with E-state index < -0.39 is 5.60 Å². The third-order valence-electron chi connectivity index (χ3n) is 3.48. The molecule has 0 amide bonds. The van der Waals surface area contributed by atoms with Gasteiger partial charge in [0, 0.05) is 18.5 Å². The Bertz CT molecular complexity index is 432. The molecule has 1 aliphatic rings. The van der Waals surface area contributed by atoms with Crippen LogP contribution >= 0.6 is 11.6 Å². The van der Waals surface area contributed by atoms with Crippen LogP contribution < -0.4 is 5.32 Å². The Hall–Kier alpha value is -0.870. The summed E-state index contributed by atoms with van der Waals surface area (Å²) in [6.45, 7) is 4.51. The molecular weight excluding hydrogens is 250 g/mol. The maximum Gasteiger partial charge on any atom is 0.137 e. The molecule has 1 aliphatic carbocycles. The van der Waals surface area contributed by atoms with Gasteiger partial charge in [-0.1, -0.05) is 18.5 Å². The van der Waals surface area contributed by atoms with E-state index >= 15 is 0 Å². The molecule has 1 fully saturated rings. The smallest absolute Gasteiger partial charge is 0.137 e. The zero-order chi connectivity index (χ0) is 13.2. The van der Waals surface area contributed by atoms with Crippen LogP contribution in [0.3, 0.4) is 0 Å². The molecule has 2 N–H and O–H groups in total. The van der Waals surface area contributed by atoms with Crippen molar-refractivity contribution in [2.45, 2.75) is 51.6 Å². The molecule has 1 aromatic rings. The second-order valence-electron chi connectivity index (χ2n) is 5.09. The van der Waals surface area contributed by atoms with E-state index in [4.69, 9.17) is 11.6 Å². The monoisotopic (exact) mass is 269 g/mol. The fraction of sp³-hybridized carbons (Fsp3) is 0.692. The van der Waals surface area contributed by atoms with E-state index in [9.17, 15) is 5.11 Å². The molecule has 0 spiro atoms. The lowest BCUT2D eigenvalue weighted by molar-refractivity contribution is -0.0202. The molecule has 0 atom stereocenters. The average Bonchev–Trinajstić information content (AvgIpc) is 2.30. The second-order valence-corrected chi connectivity index (χ2v) is 5.44. The Labute approximate surface area is 113 Å². The highest BCUT2D eigenvalue weighted by atomic mass is 35.5. The van der Waals surface area contributed by atoms with E-state index in [1.165, 1.54) is 0 Å². The van der Waals surface area contributed by atoms with E-state index in [0.29, 0.717) is 11.7 Å². The SMILES string of the molecule is CCCc1nc(Cl)c(C)c(NCC2(O)CCC2)n1. The van der Waals surface area contributed by atoms with Gasteiger partial charge in [0.15, 0.2) is 0 Å². The van der Waals surface area contributed by atoms with E-state index in [1.807, 2.05) is 6.92 Å². The molecule has 4 nitrogen and oxygen atoms in total. The zero-order valence-corrected chi connectivity index (χ0v) is 11.7. The highest BCUT2D eigenvalue weighted by Gasteiger charge is 2.34. The van der Waals surface area contributed by atoms with Gasteiger partial charge < -0.3 is 10.4 Å². The molecular formula is C13H20ClN3O. The van der Waals surface area contributed by atoms with Gasteiger partial charge in [0.2, 0.25) is 0 Å². The van der Waals surface area contributed by atoms with Gasteiger partial charge in [-0.15, -0.1) is 0 Å². The van der Waals surface area contributed by atoms with E-state index in [2.05, 4.69) is 22.2 Å². The first-order valence-electron chi connectivity index (χ1n) is 6.53. The van der Waals surface area contributed by atoms with Crippen LogP contribution in [0.4, 0.5) is 5.82 Å². The molecule has 5 heteroatoms. The van der Waals surface area contributed by atoms with Gasteiger partial charge in [-0.05, 0) is 32.6 Å². The lowest BCUT2D eigenvalue weighted by Gasteiger charge is -2.36. The molecule has 2 rings (SSSR count). The van der Waals surface area contributed by atoms with E-state index in [-0.39, 0.29) is 0 Å².